The number of methoxy groups -OCH3 is 1. The molecular weight excluding hydrogens is 434 g/mol. The second-order valence-electron chi connectivity index (χ2n) is 7.33. The van der Waals surface area contributed by atoms with E-state index in [1.807, 2.05) is 83.2 Å². The van der Waals surface area contributed by atoms with Gasteiger partial charge in [-0.1, -0.05) is 76.8 Å². The van der Waals surface area contributed by atoms with Gasteiger partial charge in [-0.25, -0.2) is 14.8 Å². The smallest absolute Gasteiger partial charge is 0.337 e. The van der Waals surface area contributed by atoms with Crippen molar-refractivity contribution in [3.8, 4) is 11.3 Å². The molecule has 0 bridgehead atoms. The Morgan fingerprint density at radius 2 is 1.74 bits per heavy atom. The number of ether oxygens (including phenoxy) is 1. The average Bonchev–Trinajstić information content (AvgIpc) is 2.94. The lowest BCUT2D eigenvalue weighted by molar-refractivity contribution is 0.0601. The van der Waals surface area contributed by atoms with Gasteiger partial charge in [0.05, 0.1) is 23.7 Å². The summed E-state index contributed by atoms with van der Waals surface area (Å²) in [5.41, 5.74) is 5.92. The van der Waals surface area contributed by atoms with E-state index in [2.05, 4.69) is 17.6 Å². The second kappa shape index (κ2) is 13.9. The maximum atomic E-state index is 12.0. The summed E-state index contributed by atoms with van der Waals surface area (Å²) in [7, 11) is 1.38. The van der Waals surface area contributed by atoms with Crippen LogP contribution in [0.15, 0.2) is 84.6 Å². The molecule has 0 fully saturated rings. The molecule has 1 aliphatic heterocycles. The second-order valence-corrected chi connectivity index (χ2v) is 7.33. The van der Waals surface area contributed by atoms with Gasteiger partial charge in [-0.15, -0.1) is 0 Å². The van der Waals surface area contributed by atoms with Crippen LogP contribution >= 0.6 is 0 Å². The normalized spacial score (nSPS) is 13.0. The Hall–Kier alpha value is -3.73. The molecule has 4 rings (SSSR count). The standard InChI is InChI=1S/C26H25N3O2.2C2H6/c1-4-10-23-18(5-2)13-9-16-29(23)25-24(19-11-7-6-8-12-19)27-21-15-14-20(26(30)31-3)17-22(21)28-25;2*1-2/h4-8,10-12,14-15,17H,2,9,13,16H2,1,3H3;2*1-2H3/b10-4-;;. The topological polar surface area (TPSA) is 55.3 Å². The van der Waals surface area contributed by atoms with E-state index in [1.165, 1.54) is 12.7 Å². The Kier molecular flexibility index (Phi) is 10.9. The summed E-state index contributed by atoms with van der Waals surface area (Å²) in [6.07, 6.45) is 8.03. The first-order valence-corrected chi connectivity index (χ1v) is 12.4. The van der Waals surface area contributed by atoms with Crippen molar-refractivity contribution in [2.45, 2.75) is 47.5 Å². The van der Waals surface area contributed by atoms with E-state index >= 15 is 0 Å². The molecule has 2 heterocycles. The molecule has 1 aromatic heterocycles. The van der Waals surface area contributed by atoms with Gasteiger partial charge in [0, 0.05) is 17.8 Å². The Morgan fingerprint density at radius 3 is 2.37 bits per heavy atom. The third kappa shape index (κ3) is 6.24. The summed E-state index contributed by atoms with van der Waals surface area (Å²) in [5, 5.41) is 0. The first-order valence-electron chi connectivity index (χ1n) is 12.4. The highest BCUT2D eigenvalue weighted by atomic mass is 16.5. The lowest BCUT2D eigenvalue weighted by Crippen LogP contribution is -2.29. The highest BCUT2D eigenvalue weighted by molar-refractivity contribution is 5.94. The fraction of sp³-hybridized carbons (Fsp3) is 0.300. The van der Waals surface area contributed by atoms with Gasteiger partial charge < -0.3 is 9.64 Å². The molecule has 0 spiro atoms. The zero-order valence-electron chi connectivity index (χ0n) is 21.8. The Balaban J connectivity index is 0.00000103. The predicted molar refractivity (Wildman–Crippen MR) is 148 cm³/mol. The molecule has 0 radical (unpaired) electrons. The van der Waals surface area contributed by atoms with Crippen LogP contribution < -0.4 is 4.90 Å². The molecule has 0 unspecified atom stereocenters. The summed E-state index contributed by atoms with van der Waals surface area (Å²) in [6, 6.07) is 15.3. The average molecular weight is 472 g/mol. The number of fused-ring (bicyclic) bond motifs is 1. The van der Waals surface area contributed by atoms with Crippen LogP contribution in [0.2, 0.25) is 0 Å². The van der Waals surface area contributed by atoms with Crippen molar-refractivity contribution in [1.29, 1.82) is 0 Å². The number of esters is 1. The molecule has 0 saturated carbocycles. The minimum atomic E-state index is -0.390. The lowest BCUT2D eigenvalue weighted by atomic mass is 10.0. The summed E-state index contributed by atoms with van der Waals surface area (Å²) in [6.45, 7) is 14.8. The van der Waals surface area contributed by atoms with Gasteiger partial charge in [0.2, 0.25) is 0 Å². The number of hydrogen-bond donors (Lipinski definition) is 0. The van der Waals surface area contributed by atoms with Gasteiger partial charge in [-0.3, -0.25) is 0 Å². The van der Waals surface area contributed by atoms with E-state index in [0.29, 0.717) is 11.1 Å². The number of hydrogen-bond acceptors (Lipinski definition) is 5. The molecule has 3 aromatic rings. The highest BCUT2D eigenvalue weighted by Crippen LogP contribution is 2.35. The third-order valence-corrected chi connectivity index (χ3v) is 5.39. The summed E-state index contributed by atoms with van der Waals surface area (Å²) >= 11 is 0. The van der Waals surface area contributed by atoms with E-state index in [9.17, 15) is 4.79 Å². The Morgan fingerprint density at radius 1 is 1.03 bits per heavy atom. The molecule has 0 N–H and O–H groups in total. The predicted octanol–water partition coefficient (Wildman–Crippen LogP) is 7.75. The van der Waals surface area contributed by atoms with Gasteiger partial charge in [-0.2, -0.15) is 0 Å². The lowest BCUT2D eigenvalue weighted by Gasteiger charge is -2.32. The molecule has 5 nitrogen and oxygen atoms in total. The number of carbonyl (C=O) groups excluding carboxylic acids is 1. The van der Waals surface area contributed by atoms with E-state index < -0.39 is 0 Å². The van der Waals surface area contributed by atoms with Gasteiger partial charge in [0.1, 0.15) is 5.69 Å². The molecule has 2 aromatic carbocycles. The molecule has 35 heavy (non-hydrogen) atoms. The third-order valence-electron chi connectivity index (χ3n) is 5.39. The largest absolute Gasteiger partial charge is 0.465 e. The van der Waals surface area contributed by atoms with Gasteiger partial charge >= 0.3 is 5.97 Å². The van der Waals surface area contributed by atoms with Crippen molar-refractivity contribution >= 4 is 22.8 Å². The van der Waals surface area contributed by atoms with Crippen LogP contribution in [0.25, 0.3) is 22.3 Å². The van der Waals surface area contributed by atoms with E-state index in [-0.39, 0.29) is 5.97 Å². The van der Waals surface area contributed by atoms with Crippen LogP contribution in [0, 0.1) is 0 Å². The number of rotatable bonds is 5. The van der Waals surface area contributed by atoms with Crippen molar-refractivity contribution in [3.05, 3.63) is 90.2 Å². The molecular formula is C30H37N3O2. The fourth-order valence-corrected chi connectivity index (χ4v) is 3.90. The molecule has 0 amide bonds. The molecule has 0 atom stereocenters. The summed E-state index contributed by atoms with van der Waals surface area (Å²) in [4.78, 5) is 24.2. The van der Waals surface area contributed by atoms with Gasteiger partial charge in [0.25, 0.3) is 0 Å². The number of anilines is 1. The monoisotopic (exact) mass is 471 g/mol. The van der Waals surface area contributed by atoms with Crippen molar-refractivity contribution < 1.29 is 9.53 Å². The number of aromatic nitrogens is 2. The first kappa shape index (κ1) is 27.5. The Bertz CT molecular complexity index is 1200. The summed E-state index contributed by atoms with van der Waals surface area (Å²) < 4.78 is 4.88. The van der Waals surface area contributed by atoms with E-state index in [4.69, 9.17) is 14.7 Å². The molecule has 0 aliphatic carbocycles. The van der Waals surface area contributed by atoms with Crippen LogP contribution in [0.4, 0.5) is 5.82 Å². The minimum Gasteiger partial charge on any atom is -0.465 e. The number of carbonyl (C=O) groups is 1. The minimum absolute atomic E-state index is 0.390. The van der Waals surface area contributed by atoms with Crippen LogP contribution in [0.5, 0.6) is 0 Å². The zero-order chi connectivity index (χ0) is 25.8. The number of nitrogens with zero attached hydrogens (tertiary/aromatic N) is 3. The number of benzene rings is 2. The van der Waals surface area contributed by atoms with Crippen LogP contribution in [-0.2, 0) is 4.74 Å². The zero-order valence-corrected chi connectivity index (χ0v) is 21.8. The highest BCUT2D eigenvalue weighted by Gasteiger charge is 2.24. The molecule has 1 aliphatic rings. The van der Waals surface area contributed by atoms with Crippen LogP contribution in [0.1, 0.15) is 57.8 Å². The maximum Gasteiger partial charge on any atom is 0.337 e. The quantitative estimate of drug-likeness (QED) is 0.356. The van der Waals surface area contributed by atoms with Crippen molar-refractivity contribution in [2.75, 3.05) is 18.6 Å². The maximum absolute atomic E-state index is 12.0. The van der Waals surface area contributed by atoms with Crippen molar-refractivity contribution in [2.24, 2.45) is 0 Å². The Labute approximate surface area is 209 Å². The first-order chi connectivity index (χ1) is 17.2. The van der Waals surface area contributed by atoms with Crippen LogP contribution in [0.3, 0.4) is 0 Å². The molecule has 0 saturated heterocycles. The molecule has 5 heteroatoms. The van der Waals surface area contributed by atoms with Crippen molar-refractivity contribution in [3.63, 3.8) is 0 Å². The van der Waals surface area contributed by atoms with E-state index in [0.717, 1.165) is 47.7 Å². The number of allylic oxidation sites excluding steroid dienone is 4. The van der Waals surface area contributed by atoms with Gasteiger partial charge in [0.15, 0.2) is 5.82 Å². The fourth-order valence-electron chi connectivity index (χ4n) is 3.90. The molecule has 184 valence electrons. The van der Waals surface area contributed by atoms with Crippen molar-refractivity contribution in [1.82, 2.24) is 9.97 Å². The SMILES string of the molecule is C=CC1=C(/C=C\C)N(c2nc3cc(C(=O)OC)ccc3nc2-c2ccccc2)CCC1.CC.CC. The van der Waals surface area contributed by atoms with E-state index in [1.54, 1.807) is 12.1 Å². The summed E-state index contributed by atoms with van der Waals surface area (Å²) in [5.74, 6) is 0.381. The van der Waals surface area contributed by atoms with Crippen LogP contribution in [-0.4, -0.2) is 29.6 Å². The van der Waals surface area contributed by atoms with Gasteiger partial charge in [-0.05, 0) is 49.6 Å².